The average molecular weight is 278 g/mol. The summed E-state index contributed by atoms with van der Waals surface area (Å²) in [6.45, 7) is 3.85. The molecule has 0 aliphatic carbocycles. The number of nitrogens with zero attached hydrogens (tertiary/aromatic N) is 2. The van der Waals surface area contributed by atoms with Crippen molar-refractivity contribution in [2.24, 2.45) is 7.05 Å². The van der Waals surface area contributed by atoms with Crippen molar-refractivity contribution in [1.82, 2.24) is 9.78 Å². The van der Waals surface area contributed by atoms with Gasteiger partial charge < -0.3 is 14.3 Å². The van der Waals surface area contributed by atoms with Crippen LogP contribution < -0.4 is 0 Å². The zero-order chi connectivity index (χ0) is 14.9. The van der Waals surface area contributed by atoms with Gasteiger partial charge in [-0.2, -0.15) is 5.10 Å². The molecule has 2 heterocycles. The summed E-state index contributed by atoms with van der Waals surface area (Å²) in [6, 6.07) is 3.07. The van der Waals surface area contributed by atoms with E-state index in [1.54, 1.807) is 10.7 Å². The summed E-state index contributed by atoms with van der Waals surface area (Å²) in [6.07, 6.45) is -0.436. The maximum atomic E-state index is 11.3. The minimum absolute atomic E-state index is 0.0844. The van der Waals surface area contributed by atoms with Crippen LogP contribution in [0.4, 0.5) is 0 Å². The Morgan fingerprint density at radius 1 is 1.50 bits per heavy atom. The molecular weight excluding hydrogens is 260 g/mol. The van der Waals surface area contributed by atoms with Crippen molar-refractivity contribution in [1.29, 1.82) is 0 Å². The molecule has 108 valence electrons. The van der Waals surface area contributed by atoms with Gasteiger partial charge in [0.15, 0.2) is 0 Å². The smallest absolute Gasteiger partial charge is 0.373 e. The largest absolute Gasteiger partial charge is 0.463 e. The molecule has 0 amide bonds. The Morgan fingerprint density at radius 2 is 2.20 bits per heavy atom. The highest BCUT2D eigenvalue weighted by molar-refractivity contribution is 5.86. The molecule has 0 saturated heterocycles. The first kappa shape index (κ1) is 14.3. The summed E-state index contributed by atoms with van der Waals surface area (Å²) in [4.78, 5) is 11.3. The normalized spacial score (nSPS) is 12.4. The van der Waals surface area contributed by atoms with Crippen molar-refractivity contribution < 1.29 is 19.1 Å². The molecule has 0 saturated carbocycles. The van der Waals surface area contributed by atoms with Crippen LogP contribution >= 0.6 is 0 Å². The number of carbonyl (C=O) groups is 1. The van der Waals surface area contributed by atoms with E-state index >= 15 is 0 Å². The highest BCUT2D eigenvalue weighted by Gasteiger charge is 2.20. The third kappa shape index (κ3) is 2.60. The summed E-state index contributed by atoms with van der Waals surface area (Å²) < 4.78 is 11.6. The van der Waals surface area contributed by atoms with Gasteiger partial charge in [-0.1, -0.05) is 0 Å². The number of carbonyl (C=O) groups excluding carboxylic acids is 1. The molecule has 0 radical (unpaired) electrons. The number of aromatic nitrogens is 2. The van der Waals surface area contributed by atoms with Crippen LogP contribution in [-0.2, 0) is 18.2 Å². The Bertz CT molecular complexity index is 627. The molecule has 2 rings (SSSR count). The van der Waals surface area contributed by atoms with E-state index in [0.717, 1.165) is 17.0 Å². The summed E-state index contributed by atoms with van der Waals surface area (Å²) in [7, 11) is 3.14. The molecule has 0 aromatic carbocycles. The number of hydrogen-bond donors (Lipinski definition) is 1. The fourth-order valence-electron chi connectivity index (χ4n) is 2.15. The van der Waals surface area contributed by atoms with Crippen LogP contribution in [0, 0.1) is 13.8 Å². The SMILES string of the molecule is COC(=O)c1ccc(C(O)Cc2c(C)nn(C)c2C)o1. The van der Waals surface area contributed by atoms with Gasteiger partial charge in [-0.25, -0.2) is 4.79 Å². The molecule has 0 aliphatic heterocycles. The van der Waals surface area contributed by atoms with Gasteiger partial charge >= 0.3 is 5.97 Å². The third-order valence-corrected chi connectivity index (χ3v) is 3.40. The van der Waals surface area contributed by atoms with E-state index in [2.05, 4.69) is 9.84 Å². The molecule has 1 N–H and O–H groups in total. The van der Waals surface area contributed by atoms with Crippen molar-refractivity contribution in [2.75, 3.05) is 7.11 Å². The molecule has 0 bridgehead atoms. The van der Waals surface area contributed by atoms with E-state index in [0.29, 0.717) is 12.2 Å². The molecule has 1 unspecified atom stereocenters. The predicted molar refractivity (Wildman–Crippen MR) is 71.4 cm³/mol. The van der Waals surface area contributed by atoms with Crippen LogP contribution in [0.1, 0.15) is 39.4 Å². The van der Waals surface area contributed by atoms with Gasteiger partial charge in [0, 0.05) is 19.2 Å². The van der Waals surface area contributed by atoms with E-state index in [4.69, 9.17) is 4.42 Å². The Hall–Kier alpha value is -2.08. The second kappa shape index (κ2) is 5.50. The first-order valence-electron chi connectivity index (χ1n) is 6.29. The second-order valence-corrected chi connectivity index (χ2v) is 4.69. The predicted octanol–water partition coefficient (Wildman–Crippen LogP) is 1.69. The molecule has 0 fully saturated rings. The summed E-state index contributed by atoms with van der Waals surface area (Å²) >= 11 is 0. The third-order valence-electron chi connectivity index (χ3n) is 3.40. The number of hydrogen-bond acceptors (Lipinski definition) is 5. The van der Waals surface area contributed by atoms with Crippen LogP contribution in [0.3, 0.4) is 0 Å². The number of methoxy groups -OCH3 is 1. The molecule has 20 heavy (non-hydrogen) atoms. The van der Waals surface area contributed by atoms with E-state index in [-0.39, 0.29) is 5.76 Å². The van der Waals surface area contributed by atoms with Gasteiger partial charge in [0.25, 0.3) is 0 Å². The van der Waals surface area contributed by atoms with E-state index in [9.17, 15) is 9.90 Å². The van der Waals surface area contributed by atoms with Gasteiger partial charge in [0.2, 0.25) is 5.76 Å². The van der Waals surface area contributed by atoms with Crippen LogP contribution in [-0.4, -0.2) is 28.0 Å². The molecule has 2 aromatic rings. The Balaban J connectivity index is 2.17. The van der Waals surface area contributed by atoms with Gasteiger partial charge in [-0.15, -0.1) is 0 Å². The highest BCUT2D eigenvalue weighted by atomic mass is 16.5. The number of rotatable bonds is 4. The quantitative estimate of drug-likeness (QED) is 0.861. The lowest BCUT2D eigenvalue weighted by Gasteiger charge is -2.08. The lowest BCUT2D eigenvalue weighted by molar-refractivity contribution is 0.0555. The molecule has 2 aromatic heterocycles. The van der Waals surface area contributed by atoms with Crippen LogP contribution in [0.2, 0.25) is 0 Å². The monoisotopic (exact) mass is 278 g/mol. The van der Waals surface area contributed by atoms with E-state index in [1.807, 2.05) is 20.9 Å². The van der Waals surface area contributed by atoms with Gasteiger partial charge in [-0.05, 0) is 31.5 Å². The molecule has 0 aliphatic rings. The number of aryl methyl sites for hydroxylation is 2. The molecule has 0 spiro atoms. The number of aliphatic hydroxyl groups is 1. The van der Waals surface area contributed by atoms with Crippen LogP contribution in [0.25, 0.3) is 0 Å². The summed E-state index contributed by atoms with van der Waals surface area (Å²) in [5.74, 6) is -0.133. The number of esters is 1. The fraction of sp³-hybridized carbons (Fsp3) is 0.429. The Morgan fingerprint density at radius 3 is 2.75 bits per heavy atom. The van der Waals surface area contributed by atoms with Gasteiger partial charge in [0.1, 0.15) is 11.9 Å². The Labute approximate surface area is 117 Å². The molecular formula is C14H18N2O4. The molecule has 6 nitrogen and oxygen atoms in total. The van der Waals surface area contributed by atoms with Crippen molar-refractivity contribution in [2.45, 2.75) is 26.4 Å². The zero-order valence-corrected chi connectivity index (χ0v) is 12.0. The van der Waals surface area contributed by atoms with Crippen LogP contribution in [0.5, 0.6) is 0 Å². The minimum Gasteiger partial charge on any atom is -0.463 e. The average Bonchev–Trinajstić information content (AvgIpc) is 2.99. The molecule has 1 atom stereocenters. The van der Waals surface area contributed by atoms with Crippen molar-refractivity contribution >= 4 is 5.97 Å². The summed E-state index contributed by atoms with van der Waals surface area (Å²) in [5.41, 5.74) is 2.86. The highest BCUT2D eigenvalue weighted by Crippen LogP contribution is 2.24. The minimum atomic E-state index is -0.824. The van der Waals surface area contributed by atoms with Crippen molar-refractivity contribution in [3.63, 3.8) is 0 Å². The second-order valence-electron chi connectivity index (χ2n) is 4.69. The summed E-state index contributed by atoms with van der Waals surface area (Å²) in [5, 5.41) is 14.5. The fourth-order valence-corrected chi connectivity index (χ4v) is 2.15. The maximum absolute atomic E-state index is 11.3. The van der Waals surface area contributed by atoms with E-state index < -0.39 is 12.1 Å². The maximum Gasteiger partial charge on any atom is 0.373 e. The van der Waals surface area contributed by atoms with Gasteiger partial charge in [0.05, 0.1) is 12.8 Å². The zero-order valence-electron chi connectivity index (χ0n) is 12.0. The van der Waals surface area contributed by atoms with E-state index in [1.165, 1.54) is 13.2 Å². The van der Waals surface area contributed by atoms with Crippen molar-refractivity contribution in [3.8, 4) is 0 Å². The Kier molecular flexibility index (Phi) is 3.94. The van der Waals surface area contributed by atoms with Gasteiger partial charge in [-0.3, -0.25) is 4.68 Å². The topological polar surface area (TPSA) is 77.5 Å². The molecule has 6 heteroatoms. The first-order valence-corrected chi connectivity index (χ1v) is 6.29. The van der Waals surface area contributed by atoms with Crippen molar-refractivity contribution in [3.05, 3.63) is 40.6 Å². The lowest BCUT2D eigenvalue weighted by atomic mass is 10.0. The number of ether oxygens (including phenoxy) is 1. The number of aliphatic hydroxyl groups excluding tert-OH is 1. The number of furan rings is 1. The first-order chi connectivity index (χ1) is 9.43. The lowest BCUT2D eigenvalue weighted by Crippen LogP contribution is -2.03. The standard InChI is InChI=1S/C14H18N2O4/c1-8-10(9(2)16(3)15-8)7-11(17)12-5-6-13(20-12)14(18)19-4/h5-6,11,17H,7H2,1-4H3. The van der Waals surface area contributed by atoms with Crippen LogP contribution in [0.15, 0.2) is 16.5 Å².